The third-order valence-corrected chi connectivity index (χ3v) is 4.24. The van der Waals surface area contributed by atoms with Gasteiger partial charge in [-0.1, -0.05) is 6.42 Å². The normalized spacial score (nSPS) is 33.1. The van der Waals surface area contributed by atoms with E-state index in [0.717, 1.165) is 32.2 Å². The highest BCUT2D eigenvalue weighted by Gasteiger charge is 2.50. The van der Waals surface area contributed by atoms with Crippen LogP contribution in [-0.2, 0) is 9.53 Å². The van der Waals surface area contributed by atoms with E-state index in [0.29, 0.717) is 13.0 Å². The summed E-state index contributed by atoms with van der Waals surface area (Å²) in [5.41, 5.74) is 0.0166. The third kappa shape index (κ3) is 1.84. The Hall–Kier alpha value is -0.610. The summed E-state index contributed by atoms with van der Waals surface area (Å²) in [6.45, 7) is 1.54. The third-order valence-electron chi connectivity index (χ3n) is 4.24. The largest absolute Gasteiger partial charge is 0.396 e. The molecule has 0 radical (unpaired) electrons. The number of amides is 1. The van der Waals surface area contributed by atoms with Crippen molar-refractivity contribution >= 4 is 5.91 Å². The van der Waals surface area contributed by atoms with Gasteiger partial charge in [-0.05, 0) is 19.3 Å². The number of nitrogens with zero attached hydrogens (tertiary/aromatic N) is 1. The molecule has 2 unspecified atom stereocenters. The lowest BCUT2D eigenvalue weighted by Gasteiger charge is -2.30. The van der Waals surface area contributed by atoms with Crippen LogP contribution in [0, 0.1) is 5.41 Å². The summed E-state index contributed by atoms with van der Waals surface area (Å²) in [6.07, 6.45) is 4.70. The Bertz CT molecular complexity index is 269. The first-order valence-electron chi connectivity index (χ1n) is 6.13. The number of ether oxygens (including phenoxy) is 1. The molecule has 4 heteroatoms. The standard InChI is InChI=1S/C12H21NO3/c1-16-8-4-11(15)13-7-6-12(9-14)5-2-3-10(12)13/h10,14H,2-9H2,1H3. The molecule has 2 aliphatic rings. The topological polar surface area (TPSA) is 49.8 Å². The van der Waals surface area contributed by atoms with Gasteiger partial charge < -0.3 is 14.7 Å². The van der Waals surface area contributed by atoms with Crippen molar-refractivity contribution in [1.29, 1.82) is 0 Å². The van der Waals surface area contributed by atoms with Gasteiger partial charge in [0.1, 0.15) is 0 Å². The zero-order chi connectivity index (χ0) is 11.6. The zero-order valence-electron chi connectivity index (χ0n) is 9.95. The Kier molecular flexibility index (Phi) is 3.50. The molecule has 0 bridgehead atoms. The number of carbonyl (C=O) groups excluding carboxylic acids is 1. The molecule has 1 saturated heterocycles. The lowest BCUT2D eigenvalue weighted by atomic mass is 9.83. The predicted molar refractivity (Wildman–Crippen MR) is 60.0 cm³/mol. The van der Waals surface area contributed by atoms with E-state index in [9.17, 15) is 9.90 Å². The van der Waals surface area contributed by atoms with Crippen LogP contribution >= 0.6 is 0 Å². The molecule has 1 amide bonds. The molecule has 1 N–H and O–H groups in total. The molecule has 1 aliphatic heterocycles. The second-order valence-corrected chi connectivity index (χ2v) is 5.01. The van der Waals surface area contributed by atoms with E-state index < -0.39 is 0 Å². The summed E-state index contributed by atoms with van der Waals surface area (Å²) >= 11 is 0. The second-order valence-electron chi connectivity index (χ2n) is 5.01. The Balaban J connectivity index is 2.00. The number of aliphatic hydroxyl groups excluding tert-OH is 1. The van der Waals surface area contributed by atoms with Crippen LogP contribution in [0.3, 0.4) is 0 Å². The highest BCUT2D eigenvalue weighted by molar-refractivity contribution is 5.77. The number of rotatable bonds is 4. The highest BCUT2D eigenvalue weighted by atomic mass is 16.5. The van der Waals surface area contributed by atoms with Crippen LogP contribution in [0.5, 0.6) is 0 Å². The molecule has 1 aliphatic carbocycles. The average Bonchev–Trinajstić information content (AvgIpc) is 2.83. The van der Waals surface area contributed by atoms with Crippen LogP contribution in [0.25, 0.3) is 0 Å². The van der Waals surface area contributed by atoms with Gasteiger partial charge in [-0.2, -0.15) is 0 Å². The second kappa shape index (κ2) is 4.72. The van der Waals surface area contributed by atoms with E-state index in [1.54, 1.807) is 7.11 Å². The summed E-state index contributed by atoms with van der Waals surface area (Å²) in [5.74, 6) is 0.184. The number of aliphatic hydroxyl groups is 1. The summed E-state index contributed by atoms with van der Waals surface area (Å²) in [7, 11) is 1.62. The van der Waals surface area contributed by atoms with E-state index in [-0.39, 0.29) is 24.0 Å². The van der Waals surface area contributed by atoms with E-state index in [2.05, 4.69) is 0 Å². The van der Waals surface area contributed by atoms with Gasteiger partial charge in [0.2, 0.25) is 5.91 Å². The summed E-state index contributed by atoms with van der Waals surface area (Å²) < 4.78 is 4.94. The van der Waals surface area contributed by atoms with E-state index in [1.807, 2.05) is 4.90 Å². The zero-order valence-corrected chi connectivity index (χ0v) is 9.95. The quantitative estimate of drug-likeness (QED) is 0.772. The number of methoxy groups -OCH3 is 1. The van der Waals surface area contributed by atoms with Crippen molar-refractivity contribution < 1.29 is 14.6 Å². The molecule has 0 aromatic carbocycles. The Morgan fingerprint density at radius 1 is 1.56 bits per heavy atom. The molecule has 4 nitrogen and oxygen atoms in total. The van der Waals surface area contributed by atoms with E-state index in [4.69, 9.17) is 4.74 Å². The Labute approximate surface area is 96.6 Å². The molecule has 2 rings (SSSR count). The predicted octanol–water partition coefficient (Wildman–Crippen LogP) is 0.786. The van der Waals surface area contributed by atoms with Crippen LogP contribution in [0.1, 0.15) is 32.1 Å². The van der Waals surface area contributed by atoms with Crippen molar-refractivity contribution in [3.63, 3.8) is 0 Å². The molecule has 2 atom stereocenters. The van der Waals surface area contributed by atoms with Gasteiger partial charge in [0.05, 0.1) is 19.6 Å². The summed E-state index contributed by atoms with van der Waals surface area (Å²) in [6, 6.07) is 0.279. The smallest absolute Gasteiger partial charge is 0.225 e. The number of hydrogen-bond acceptors (Lipinski definition) is 3. The van der Waals surface area contributed by atoms with Crippen LogP contribution in [0.2, 0.25) is 0 Å². The molecule has 0 aromatic rings. The minimum absolute atomic E-state index is 0.0166. The molecule has 16 heavy (non-hydrogen) atoms. The van der Waals surface area contributed by atoms with Crippen molar-refractivity contribution in [2.45, 2.75) is 38.1 Å². The van der Waals surface area contributed by atoms with Gasteiger partial charge in [0.25, 0.3) is 0 Å². The monoisotopic (exact) mass is 227 g/mol. The van der Waals surface area contributed by atoms with Crippen molar-refractivity contribution in [2.75, 3.05) is 26.9 Å². The van der Waals surface area contributed by atoms with Gasteiger partial charge in [0, 0.05) is 25.1 Å². The van der Waals surface area contributed by atoms with Gasteiger partial charge in [-0.25, -0.2) is 0 Å². The lowest BCUT2D eigenvalue weighted by molar-refractivity contribution is -0.133. The van der Waals surface area contributed by atoms with Crippen LogP contribution in [0.15, 0.2) is 0 Å². The minimum atomic E-state index is 0.0166. The van der Waals surface area contributed by atoms with E-state index >= 15 is 0 Å². The highest BCUT2D eigenvalue weighted by Crippen LogP contribution is 2.48. The first-order valence-corrected chi connectivity index (χ1v) is 6.13. The van der Waals surface area contributed by atoms with Crippen LogP contribution < -0.4 is 0 Å². The number of hydrogen-bond donors (Lipinski definition) is 1. The van der Waals surface area contributed by atoms with Crippen molar-refractivity contribution in [1.82, 2.24) is 4.90 Å². The van der Waals surface area contributed by atoms with Crippen molar-refractivity contribution in [3.8, 4) is 0 Å². The summed E-state index contributed by atoms with van der Waals surface area (Å²) in [4.78, 5) is 13.9. The first-order chi connectivity index (χ1) is 7.73. The van der Waals surface area contributed by atoms with Crippen LogP contribution in [-0.4, -0.2) is 48.8 Å². The molecule has 0 aromatic heterocycles. The molecule has 2 fully saturated rings. The van der Waals surface area contributed by atoms with Gasteiger partial charge in [-0.15, -0.1) is 0 Å². The average molecular weight is 227 g/mol. The molecule has 92 valence electrons. The first kappa shape index (κ1) is 11.9. The maximum Gasteiger partial charge on any atom is 0.225 e. The van der Waals surface area contributed by atoms with Gasteiger partial charge in [-0.3, -0.25) is 4.79 Å². The van der Waals surface area contributed by atoms with Gasteiger partial charge >= 0.3 is 0 Å². The molecular weight excluding hydrogens is 206 g/mol. The van der Waals surface area contributed by atoms with E-state index in [1.165, 1.54) is 0 Å². The van der Waals surface area contributed by atoms with Crippen LogP contribution in [0.4, 0.5) is 0 Å². The Morgan fingerprint density at radius 2 is 2.38 bits per heavy atom. The number of likely N-dealkylation sites (tertiary alicyclic amines) is 1. The van der Waals surface area contributed by atoms with Crippen molar-refractivity contribution in [3.05, 3.63) is 0 Å². The molecule has 1 heterocycles. The fraction of sp³-hybridized carbons (Fsp3) is 0.917. The number of fused-ring (bicyclic) bond motifs is 1. The van der Waals surface area contributed by atoms with Crippen molar-refractivity contribution in [2.24, 2.45) is 5.41 Å². The summed E-state index contributed by atoms with van der Waals surface area (Å²) in [5, 5.41) is 9.54. The molecule has 0 spiro atoms. The van der Waals surface area contributed by atoms with Gasteiger partial charge in [0.15, 0.2) is 0 Å². The lowest BCUT2D eigenvalue weighted by Crippen LogP contribution is -2.41. The minimum Gasteiger partial charge on any atom is -0.396 e. The fourth-order valence-corrected chi connectivity index (χ4v) is 3.29. The maximum atomic E-state index is 12.0. The maximum absolute atomic E-state index is 12.0. The molecule has 1 saturated carbocycles. The Morgan fingerprint density at radius 3 is 3.06 bits per heavy atom. The number of carbonyl (C=O) groups is 1. The molecular formula is C12H21NO3. The SMILES string of the molecule is COCCC(=O)N1CCC2(CO)CCCC12. The fourth-order valence-electron chi connectivity index (χ4n) is 3.29.